The lowest BCUT2D eigenvalue weighted by Crippen LogP contribution is -2.49. The van der Waals surface area contributed by atoms with Crippen molar-refractivity contribution in [3.05, 3.63) is 88.6 Å². The Labute approximate surface area is 176 Å². The number of nitrogens with one attached hydrogen (secondary N) is 2. The second-order valence-electron chi connectivity index (χ2n) is 7.40. The minimum Gasteiger partial charge on any atom is -0.497 e. The largest absolute Gasteiger partial charge is 0.497 e. The molecule has 0 saturated heterocycles. The molecular formula is C24H26N3O3+. The molecule has 1 amide bonds. The van der Waals surface area contributed by atoms with E-state index in [-0.39, 0.29) is 12.1 Å². The number of ether oxygens (including phenoxy) is 2. The molecule has 0 fully saturated rings. The minimum absolute atomic E-state index is 0.113. The van der Waals surface area contributed by atoms with Gasteiger partial charge in [0.25, 0.3) is 11.7 Å². The summed E-state index contributed by atoms with van der Waals surface area (Å²) in [7, 11) is 3.28. The molecule has 1 aromatic heterocycles. The van der Waals surface area contributed by atoms with Crippen molar-refractivity contribution in [2.45, 2.75) is 26.2 Å². The van der Waals surface area contributed by atoms with Gasteiger partial charge in [0.15, 0.2) is 6.17 Å². The lowest BCUT2D eigenvalue weighted by molar-refractivity contribution is -0.375. The average Bonchev–Trinajstić information content (AvgIpc) is 2.76. The van der Waals surface area contributed by atoms with E-state index >= 15 is 0 Å². The van der Waals surface area contributed by atoms with Gasteiger partial charge >= 0.3 is 0 Å². The van der Waals surface area contributed by atoms with Gasteiger partial charge in [0.2, 0.25) is 0 Å². The van der Waals surface area contributed by atoms with Crippen LogP contribution in [0.4, 0.5) is 5.82 Å². The maximum atomic E-state index is 13.2. The van der Waals surface area contributed by atoms with E-state index in [1.54, 1.807) is 14.2 Å². The number of aryl methyl sites for hydroxylation is 1. The molecule has 3 aromatic rings. The summed E-state index contributed by atoms with van der Waals surface area (Å²) in [6.07, 6.45) is -0.315. The van der Waals surface area contributed by atoms with Gasteiger partial charge in [0.1, 0.15) is 17.9 Å². The van der Waals surface area contributed by atoms with Crippen LogP contribution in [-0.4, -0.2) is 20.1 Å². The van der Waals surface area contributed by atoms with Gasteiger partial charge in [0.05, 0.1) is 19.4 Å². The molecule has 1 aliphatic heterocycles. The summed E-state index contributed by atoms with van der Waals surface area (Å²) >= 11 is 0. The number of amides is 1. The number of nitrogens with zero attached hydrogens (tertiary/aromatic N) is 1. The molecule has 2 aromatic carbocycles. The Morgan fingerprint density at radius 1 is 1.07 bits per heavy atom. The van der Waals surface area contributed by atoms with Gasteiger partial charge in [-0.15, -0.1) is 0 Å². The number of aromatic nitrogens is 1. The van der Waals surface area contributed by atoms with E-state index in [1.807, 2.05) is 55.5 Å². The number of methoxy groups -OCH3 is 2. The van der Waals surface area contributed by atoms with Gasteiger partial charge in [-0.1, -0.05) is 30.3 Å². The van der Waals surface area contributed by atoms with Crippen molar-refractivity contribution in [3.63, 3.8) is 0 Å². The molecular weight excluding hydrogens is 378 g/mol. The number of hydrogen-bond acceptors (Lipinski definition) is 4. The number of pyridine rings is 1. The molecule has 1 atom stereocenters. The molecule has 1 aliphatic rings. The highest BCUT2D eigenvalue weighted by molar-refractivity contribution is 6.01. The standard InChI is InChI=1S/C24H25N3O3/c1-16-13-19(15-29-2)21-23(25-16)27(14-17-7-5-4-6-8-17)22(26-24(21)28)18-9-11-20(30-3)12-10-18/h4-13,22H,14-15H2,1-3H3,(H,26,28)/p+1/t22-/m0/s1. The Balaban J connectivity index is 1.83. The van der Waals surface area contributed by atoms with Crippen LogP contribution < -0.4 is 19.9 Å². The molecule has 154 valence electrons. The smallest absolute Gasteiger partial charge is 0.290 e. The molecule has 4 rings (SSSR count). The Bertz CT molecular complexity index is 1040. The molecule has 0 aliphatic carbocycles. The summed E-state index contributed by atoms with van der Waals surface area (Å²) in [5, 5.41) is 3.19. The molecule has 2 heterocycles. The first-order valence-electron chi connectivity index (χ1n) is 9.91. The zero-order valence-corrected chi connectivity index (χ0v) is 17.4. The molecule has 6 heteroatoms. The lowest BCUT2D eigenvalue weighted by Gasteiger charge is -2.33. The fraction of sp³-hybridized carbons (Fsp3) is 0.250. The van der Waals surface area contributed by atoms with Crippen LogP contribution in [0.3, 0.4) is 0 Å². The Morgan fingerprint density at radius 2 is 1.80 bits per heavy atom. The van der Waals surface area contributed by atoms with E-state index in [0.717, 1.165) is 34.0 Å². The molecule has 0 saturated carbocycles. The number of hydrogen-bond donors (Lipinski definition) is 1. The van der Waals surface area contributed by atoms with Crippen molar-refractivity contribution in [3.8, 4) is 5.75 Å². The van der Waals surface area contributed by atoms with E-state index < -0.39 is 0 Å². The third-order valence-electron chi connectivity index (χ3n) is 5.29. The molecule has 30 heavy (non-hydrogen) atoms. The van der Waals surface area contributed by atoms with Crippen LogP contribution >= 0.6 is 0 Å². The van der Waals surface area contributed by atoms with Crippen molar-refractivity contribution in [1.29, 1.82) is 0 Å². The van der Waals surface area contributed by atoms with Gasteiger partial charge in [-0.2, -0.15) is 0 Å². The highest BCUT2D eigenvalue weighted by Gasteiger charge is 2.40. The molecule has 0 bridgehead atoms. The number of aromatic amines is 1. The van der Waals surface area contributed by atoms with Crippen LogP contribution in [0.25, 0.3) is 0 Å². The van der Waals surface area contributed by atoms with Crippen LogP contribution in [0, 0.1) is 6.92 Å². The van der Waals surface area contributed by atoms with Crippen molar-refractivity contribution >= 4 is 11.7 Å². The number of carbonyl (C=O) groups is 1. The van der Waals surface area contributed by atoms with E-state index in [4.69, 9.17) is 9.47 Å². The van der Waals surface area contributed by atoms with Crippen molar-refractivity contribution < 1.29 is 19.3 Å². The minimum atomic E-state index is -0.315. The fourth-order valence-corrected chi connectivity index (χ4v) is 3.91. The number of anilines is 1. The second-order valence-corrected chi connectivity index (χ2v) is 7.40. The Hall–Kier alpha value is -3.38. The fourth-order valence-electron chi connectivity index (χ4n) is 3.91. The van der Waals surface area contributed by atoms with Crippen LogP contribution in [0.1, 0.15) is 38.9 Å². The monoisotopic (exact) mass is 404 g/mol. The topological polar surface area (TPSA) is 64.9 Å². The molecule has 2 N–H and O–H groups in total. The van der Waals surface area contributed by atoms with Gasteiger partial charge in [0, 0.05) is 18.2 Å². The van der Waals surface area contributed by atoms with Crippen LogP contribution in [0.5, 0.6) is 5.75 Å². The zero-order valence-electron chi connectivity index (χ0n) is 17.4. The summed E-state index contributed by atoms with van der Waals surface area (Å²) < 4.78 is 10.7. The first kappa shape index (κ1) is 19.9. The number of fused-ring (bicyclic) bond motifs is 1. The van der Waals surface area contributed by atoms with Gasteiger partial charge in [-0.05, 0) is 42.8 Å². The summed E-state index contributed by atoms with van der Waals surface area (Å²) in [5.74, 6) is 1.47. The normalized spacial score (nSPS) is 15.5. The van der Waals surface area contributed by atoms with Crippen molar-refractivity contribution in [2.24, 2.45) is 0 Å². The first-order chi connectivity index (χ1) is 14.6. The molecule has 0 radical (unpaired) electrons. The third kappa shape index (κ3) is 3.86. The summed E-state index contributed by atoms with van der Waals surface area (Å²) in [6, 6.07) is 20.0. The number of carbonyl (C=O) groups excluding carboxylic acids is 1. The highest BCUT2D eigenvalue weighted by Crippen LogP contribution is 2.34. The summed E-state index contributed by atoms with van der Waals surface area (Å²) in [4.78, 5) is 18.8. The van der Waals surface area contributed by atoms with Gasteiger partial charge < -0.3 is 14.8 Å². The predicted octanol–water partition coefficient (Wildman–Crippen LogP) is 3.41. The van der Waals surface area contributed by atoms with E-state index in [9.17, 15) is 4.79 Å². The SMILES string of the molecule is COCc1cc(C)[nH+]c2c1C(=O)N[C@H](c1ccc(OC)cc1)N2Cc1ccccc1. The quantitative estimate of drug-likeness (QED) is 0.684. The molecule has 0 unspecified atom stereocenters. The molecule has 0 spiro atoms. The Kier molecular flexibility index (Phi) is 5.68. The maximum Gasteiger partial charge on any atom is 0.290 e. The van der Waals surface area contributed by atoms with Crippen LogP contribution in [0.2, 0.25) is 0 Å². The van der Waals surface area contributed by atoms with Crippen molar-refractivity contribution in [1.82, 2.24) is 5.32 Å². The lowest BCUT2D eigenvalue weighted by atomic mass is 10.0. The maximum absolute atomic E-state index is 13.2. The number of benzene rings is 2. The number of rotatable bonds is 6. The third-order valence-corrected chi connectivity index (χ3v) is 5.29. The van der Waals surface area contributed by atoms with Gasteiger partial charge in [-0.3, -0.25) is 4.79 Å². The highest BCUT2D eigenvalue weighted by atomic mass is 16.5. The molecule has 6 nitrogen and oxygen atoms in total. The van der Waals surface area contributed by atoms with E-state index in [1.165, 1.54) is 0 Å². The van der Waals surface area contributed by atoms with E-state index in [0.29, 0.717) is 18.7 Å². The number of H-pyrrole nitrogens is 1. The Morgan fingerprint density at radius 3 is 2.47 bits per heavy atom. The second kappa shape index (κ2) is 8.55. The van der Waals surface area contributed by atoms with E-state index in [2.05, 4.69) is 27.3 Å². The zero-order chi connectivity index (χ0) is 21.1. The van der Waals surface area contributed by atoms with Gasteiger partial charge in [-0.25, -0.2) is 9.88 Å². The first-order valence-corrected chi connectivity index (χ1v) is 9.91. The van der Waals surface area contributed by atoms with Crippen LogP contribution in [-0.2, 0) is 17.9 Å². The summed E-state index contributed by atoms with van der Waals surface area (Å²) in [6.45, 7) is 3.00. The van der Waals surface area contributed by atoms with Crippen molar-refractivity contribution in [2.75, 3.05) is 19.1 Å². The predicted molar refractivity (Wildman–Crippen MR) is 114 cm³/mol. The van der Waals surface area contributed by atoms with Crippen LogP contribution in [0.15, 0.2) is 60.7 Å². The summed E-state index contributed by atoms with van der Waals surface area (Å²) in [5.41, 5.74) is 4.60. The average molecular weight is 404 g/mol.